The van der Waals surface area contributed by atoms with Crippen molar-refractivity contribution in [2.75, 3.05) is 13.2 Å². The molecule has 6 atom stereocenters. The van der Waals surface area contributed by atoms with Gasteiger partial charge in [-0.1, -0.05) is 218 Å². The van der Waals surface area contributed by atoms with E-state index in [1.165, 1.54) is 116 Å². The first-order chi connectivity index (χ1) is 35.6. The fourth-order valence-electron chi connectivity index (χ4n) is 9.04. The summed E-state index contributed by atoms with van der Waals surface area (Å²) in [6.07, 6.45) is 45.5. The van der Waals surface area contributed by atoms with Crippen molar-refractivity contribution in [2.45, 2.75) is 314 Å². The van der Waals surface area contributed by atoms with Crippen LogP contribution < -0.4 is 0 Å². The van der Waals surface area contributed by atoms with Gasteiger partial charge < -0.3 is 39.0 Å². The Morgan fingerprint density at radius 3 is 1.27 bits per heavy atom. The Balaban J connectivity index is 2.63. The van der Waals surface area contributed by atoms with Gasteiger partial charge in [-0.25, -0.2) is 4.79 Å². The number of aliphatic carboxylic acids is 1. The number of ether oxygens (including phenoxy) is 5. The molecule has 1 heterocycles. The third-order valence-corrected chi connectivity index (χ3v) is 13.7. The second-order valence-corrected chi connectivity index (χ2v) is 20.6. The molecule has 1 aliphatic rings. The van der Waals surface area contributed by atoms with Gasteiger partial charge in [-0.3, -0.25) is 14.4 Å². The number of carboxylic acids is 1. The van der Waals surface area contributed by atoms with E-state index in [1.807, 2.05) is 0 Å². The SMILES string of the molecule is CCCCC/C=C\C/C=C\CCCCCCCCCC(=O)OC1C(OCC(COC(=O)CCCCCCCCC/C=C\CCCCCCCC)OC(=O)CCCCCCCCCCC)OC(C(=O)O)C(O)C1O. The van der Waals surface area contributed by atoms with Crippen molar-refractivity contribution in [3.05, 3.63) is 36.5 Å². The highest BCUT2D eigenvalue weighted by molar-refractivity contribution is 5.74. The summed E-state index contributed by atoms with van der Waals surface area (Å²) < 4.78 is 28.4. The molecule has 0 aromatic carbocycles. The lowest BCUT2D eigenvalue weighted by Gasteiger charge is -2.40. The molecule has 0 bridgehead atoms. The van der Waals surface area contributed by atoms with Crippen LogP contribution in [0.15, 0.2) is 36.5 Å². The molecule has 0 radical (unpaired) electrons. The molecule has 0 spiro atoms. The fourth-order valence-corrected chi connectivity index (χ4v) is 9.04. The minimum atomic E-state index is -1.90. The minimum Gasteiger partial charge on any atom is -0.479 e. The van der Waals surface area contributed by atoms with Crippen LogP contribution in [0.1, 0.15) is 278 Å². The summed E-state index contributed by atoms with van der Waals surface area (Å²) >= 11 is 0. The van der Waals surface area contributed by atoms with E-state index in [1.54, 1.807) is 0 Å². The number of aliphatic hydroxyl groups is 2. The summed E-state index contributed by atoms with van der Waals surface area (Å²) in [5.41, 5.74) is 0. The zero-order chi connectivity index (χ0) is 53.3. The summed E-state index contributed by atoms with van der Waals surface area (Å²) in [7, 11) is 0. The molecule has 0 aromatic rings. The van der Waals surface area contributed by atoms with Gasteiger partial charge in [-0.05, 0) is 77.0 Å². The molecular weight excluding hydrogens is 925 g/mol. The number of carbonyl (C=O) groups excluding carboxylic acids is 3. The lowest BCUT2D eigenvalue weighted by molar-refractivity contribution is -0.301. The van der Waals surface area contributed by atoms with Crippen molar-refractivity contribution in [2.24, 2.45) is 0 Å². The summed E-state index contributed by atoms with van der Waals surface area (Å²) in [5, 5.41) is 31.4. The average Bonchev–Trinajstić information content (AvgIpc) is 3.37. The highest BCUT2D eigenvalue weighted by Gasteiger charge is 2.50. The van der Waals surface area contributed by atoms with E-state index >= 15 is 0 Å². The molecule has 73 heavy (non-hydrogen) atoms. The van der Waals surface area contributed by atoms with Gasteiger partial charge in [0.15, 0.2) is 24.6 Å². The van der Waals surface area contributed by atoms with Crippen molar-refractivity contribution < 1.29 is 58.2 Å². The molecule has 12 nitrogen and oxygen atoms in total. The van der Waals surface area contributed by atoms with Crippen LogP contribution >= 0.6 is 0 Å². The number of carbonyl (C=O) groups is 4. The highest BCUT2D eigenvalue weighted by Crippen LogP contribution is 2.26. The van der Waals surface area contributed by atoms with Crippen molar-refractivity contribution in [3.8, 4) is 0 Å². The summed E-state index contributed by atoms with van der Waals surface area (Å²) in [4.78, 5) is 51.0. The number of hydrogen-bond acceptors (Lipinski definition) is 11. The monoisotopic (exact) mass is 1030 g/mol. The lowest BCUT2D eigenvalue weighted by atomic mass is 9.98. The maximum absolute atomic E-state index is 13.1. The van der Waals surface area contributed by atoms with E-state index in [0.717, 1.165) is 103 Å². The molecule has 424 valence electrons. The third-order valence-electron chi connectivity index (χ3n) is 13.7. The molecule has 1 saturated heterocycles. The number of unbranched alkanes of at least 4 members (excludes halogenated alkanes) is 31. The van der Waals surface area contributed by atoms with Crippen LogP contribution in [0.3, 0.4) is 0 Å². The van der Waals surface area contributed by atoms with Gasteiger partial charge in [0.1, 0.15) is 18.8 Å². The maximum Gasteiger partial charge on any atom is 0.335 e. The topological polar surface area (TPSA) is 175 Å². The number of carboxylic acid groups (broad SMARTS) is 1. The van der Waals surface area contributed by atoms with Crippen molar-refractivity contribution >= 4 is 23.9 Å². The number of aliphatic hydroxyl groups excluding tert-OH is 2. The highest BCUT2D eigenvalue weighted by atomic mass is 16.7. The van der Waals surface area contributed by atoms with Crippen molar-refractivity contribution in [3.63, 3.8) is 0 Å². The van der Waals surface area contributed by atoms with Crippen molar-refractivity contribution in [1.82, 2.24) is 0 Å². The zero-order valence-corrected chi connectivity index (χ0v) is 46.6. The van der Waals surface area contributed by atoms with Gasteiger partial charge in [-0.2, -0.15) is 0 Å². The van der Waals surface area contributed by atoms with Crippen LogP contribution in [-0.2, 0) is 42.9 Å². The smallest absolute Gasteiger partial charge is 0.335 e. The Hall–Kier alpha value is -3.06. The Kier molecular flexibility index (Phi) is 46.4. The van der Waals surface area contributed by atoms with Crippen LogP contribution in [0.25, 0.3) is 0 Å². The van der Waals surface area contributed by atoms with E-state index in [-0.39, 0.29) is 25.9 Å². The van der Waals surface area contributed by atoms with E-state index in [0.29, 0.717) is 19.3 Å². The molecule has 0 saturated carbocycles. The second kappa shape index (κ2) is 49.8. The molecule has 0 aliphatic carbocycles. The predicted molar refractivity (Wildman–Crippen MR) is 294 cm³/mol. The van der Waals surface area contributed by atoms with Crippen LogP contribution in [0.5, 0.6) is 0 Å². The molecule has 1 aliphatic heterocycles. The lowest BCUT2D eigenvalue weighted by Crippen LogP contribution is -2.61. The Morgan fingerprint density at radius 1 is 0.452 bits per heavy atom. The van der Waals surface area contributed by atoms with Crippen LogP contribution in [0.2, 0.25) is 0 Å². The van der Waals surface area contributed by atoms with E-state index in [9.17, 15) is 34.5 Å². The van der Waals surface area contributed by atoms with E-state index < -0.39 is 67.3 Å². The first-order valence-electron chi connectivity index (χ1n) is 30.0. The number of rotatable bonds is 51. The molecule has 3 N–H and O–H groups in total. The van der Waals surface area contributed by atoms with Gasteiger partial charge in [0.2, 0.25) is 0 Å². The Labute approximate surface area is 444 Å². The molecule has 0 amide bonds. The van der Waals surface area contributed by atoms with Gasteiger partial charge in [0.25, 0.3) is 0 Å². The minimum absolute atomic E-state index is 0.0541. The van der Waals surface area contributed by atoms with Crippen molar-refractivity contribution in [1.29, 1.82) is 0 Å². The fraction of sp³-hybridized carbons (Fsp3) is 0.836. The molecule has 0 aromatic heterocycles. The largest absolute Gasteiger partial charge is 0.479 e. The molecular formula is C61H108O12. The standard InChI is InChI=1S/C61H108O12/c1-4-7-10-13-16-19-21-23-25-27-29-31-33-36-38-41-44-47-53(62)69-50-52(71-54(63)48-45-42-39-35-18-15-12-9-6-3)51-70-61-59(57(66)56(65)58(73-61)60(67)68)72-55(64)49-46-43-40-37-34-32-30-28-26-24-22-20-17-14-11-8-5-2/h17,20,23-26,52,56-59,61,65-66H,4-16,18-19,21-22,27-51H2,1-3H3,(H,67,68)/b20-17-,25-23-,26-24-. The summed E-state index contributed by atoms with van der Waals surface area (Å²) in [6.45, 7) is 5.95. The Bertz CT molecular complexity index is 1410. The molecule has 12 heteroatoms. The van der Waals surface area contributed by atoms with Gasteiger partial charge in [-0.15, -0.1) is 0 Å². The number of hydrogen-bond donors (Lipinski definition) is 3. The summed E-state index contributed by atoms with van der Waals surface area (Å²) in [6, 6.07) is 0. The summed E-state index contributed by atoms with van der Waals surface area (Å²) in [5.74, 6) is -3.11. The number of allylic oxidation sites excluding steroid dienone is 6. The first kappa shape index (κ1) is 68.0. The van der Waals surface area contributed by atoms with Crippen LogP contribution in [0.4, 0.5) is 0 Å². The normalized spacial score (nSPS) is 18.5. The Morgan fingerprint density at radius 2 is 0.822 bits per heavy atom. The average molecular weight is 1030 g/mol. The molecule has 1 rings (SSSR count). The van der Waals surface area contributed by atoms with E-state index in [2.05, 4.69) is 57.2 Å². The predicted octanol–water partition coefficient (Wildman–Crippen LogP) is 15.2. The van der Waals surface area contributed by atoms with Crippen LogP contribution in [0, 0.1) is 0 Å². The first-order valence-corrected chi connectivity index (χ1v) is 30.0. The quantitative estimate of drug-likeness (QED) is 0.0228. The van der Waals surface area contributed by atoms with Gasteiger partial charge >= 0.3 is 23.9 Å². The second-order valence-electron chi connectivity index (χ2n) is 20.6. The number of esters is 3. The van der Waals surface area contributed by atoms with Crippen LogP contribution in [-0.4, -0.2) is 89.2 Å². The molecule has 6 unspecified atom stereocenters. The maximum atomic E-state index is 13.1. The van der Waals surface area contributed by atoms with Gasteiger partial charge in [0.05, 0.1) is 6.61 Å². The molecule has 1 fully saturated rings. The van der Waals surface area contributed by atoms with E-state index in [4.69, 9.17) is 23.7 Å². The third kappa shape index (κ3) is 39.9. The zero-order valence-electron chi connectivity index (χ0n) is 46.6. The van der Waals surface area contributed by atoms with Gasteiger partial charge in [0, 0.05) is 19.3 Å².